The third-order valence-electron chi connectivity index (χ3n) is 4.70. The first-order chi connectivity index (χ1) is 13.0. The van der Waals surface area contributed by atoms with Gasteiger partial charge in [0.15, 0.2) is 0 Å². The van der Waals surface area contributed by atoms with Crippen molar-refractivity contribution in [1.29, 1.82) is 0 Å². The van der Waals surface area contributed by atoms with Crippen molar-refractivity contribution in [2.45, 2.75) is 6.42 Å². The van der Waals surface area contributed by atoms with Crippen LogP contribution in [0.25, 0.3) is 21.5 Å². The number of fused-ring (bicyclic) bond motifs is 1. The second-order valence-electron chi connectivity index (χ2n) is 6.67. The Morgan fingerprint density at radius 1 is 1.26 bits per heavy atom. The molecule has 0 aliphatic carbocycles. The molecule has 1 saturated heterocycles. The van der Waals surface area contributed by atoms with E-state index < -0.39 is 11.6 Å². The van der Waals surface area contributed by atoms with E-state index in [1.165, 1.54) is 11.3 Å². The zero-order chi connectivity index (χ0) is 19.0. The van der Waals surface area contributed by atoms with Crippen molar-refractivity contribution >= 4 is 34.0 Å². The molecule has 7 nitrogen and oxygen atoms in total. The van der Waals surface area contributed by atoms with Gasteiger partial charge in [-0.15, -0.1) is 11.3 Å². The van der Waals surface area contributed by atoms with Gasteiger partial charge in [0.05, 0.1) is 17.7 Å². The zero-order valence-electron chi connectivity index (χ0n) is 14.8. The highest BCUT2D eigenvalue weighted by molar-refractivity contribution is 7.13. The number of nitrogens with zero attached hydrogens (tertiary/aromatic N) is 3. The van der Waals surface area contributed by atoms with Gasteiger partial charge in [-0.3, -0.25) is 4.79 Å². The summed E-state index contributed by atoms with van der Waals surface area (Å²) < 4.78 is 5.55. The van der Waals surface area contributed by atoms with Crippen LogP contribution in [0.2, 0.25) is 0 Å². The monoisotopic (exact) mass is 385 g/mol. The molecular formula is C19H19N3O4S. The van der Waals surface area contributed by atoms with Crippen LogP contribution < -0.4 is 10.5 Å². The molecule has 140 valence electrons. The second kappa shape index (κ2) is 7.13. The number of anilines is 1. The van der Waals surface area contributed by atoms with Gasteiger partial charge in [0.1, 0.15) is 10.6 Å². The van der Waals surface area contributed by atoms with E-state index in [-0.39, 0.29) is 6.42 Å². The van der Waals surface area contributed by atoms with Crippen LogP contribution in [0.3, 0.4) is 0 Å². The van der Waals surface area contributed by atoms with E-state index in [1.807, 2.05) is 18.2 Å². The van der Waals surface area contributed by atoms with Crippen molar-refractivity contribution in [3.05, 3.63) is 45.8 Å². The van der Waals surface area contributed by atoms with Crippen molar-refractivity contribution in [2.24, 2.45) is 0 Å². The number of aromatic nitrogens is 1. The summed E-state index contributed by atoms with van der Waals surface area (Å²) >= 11 is 1.25. The summed E-state index contributed by atoms with van der Waals surface area (Å²) in [5.74, 6) is -0.950. The van der Waals surface area contributed by atoms with E-state index >= 15 is 0 Å². The number of hydrogen-bond donors (Lipinski definition) is 1. The largest absolute Gasteiger partial charge is 0.481 e. The lowest BCUT2D eigenvalue weighted by Gasteiger charge is -2.34. The third-order valence-corrected chi connectivity index (χ3v) is 5.63. The summed E-state index contributed by atoms with van der Waals surface area (Å²) in [5, 5.41) is 11.8. The van der Waals surface area contributed by atoms with Gasteiger partial charge in [-0.25, -0.2) is 9.78 Å². The minimum absolute atomic E-state index is 0.163. The molecule has 8 heteroatoms. The van der Waals surface area contributed by atoms with Gasteiger partial charge >= 0.3 is 11.6 Å². The van der Waals surface area contributed by atoms with Gasteiger partial charge in [0, 0.05) is 48.7 Å². The van der Waals surface area contributed by atoms with Crippen LogP contribution in [0.15, 0.2) is 38.9 Å². The Kier molecular flexibility index (Phi) is 4.67. The normalized spacial score (nSPS) is 15.4. The summed E-state index contributed by atoms with van der Waals surface area (Å²) in [4.78, 5) is 32.1. The maximum Gasteiger partial charge on any atom is 0.346 e. The quantitative estimate of drug-likeness (QED) is 0.690. The predicted molar refractivity (Wildman–Crippen MR) is 105 cm³/mol. The molecule has 1 aliphatic rings. The van der Waals surface area contributed by atoms with Gasteiger partial charge in [-0.05, 0) is 25.2 Å². The molecule has 0 spiro atoms. The number of benzene rings is 1. The van der Waals surface area contributed by atoms with Crippen LogP contribution in [0.1, 0.15) is 5.69 Å². The van der Waals surface area contributed by atoms with E-state index in [2.05, 4.69) is 21.8 Å². The maximum absolute atomic E-state index is 12.5. The fourth-order valence-electron chi connectivity index (χ4n) is 3.18. The van der Waals surface area contributed by atoms with Crippen LogP contribution in [0.5, 0.6) is 0 Å². The Morgan fingerprint density at radius 3 is 2.78 bits per heavy atom. The SMILES string of the molecule is CN1CCN(c2ccc3cc(-c4nc(CC(=O)O)cs4)c(=O)oc3c2)CC1. The average molecular weight is 385 g/mol. The second-order valence-corrected chi connectivity index (χ2v) is 7.53. The summed E-state index contributed by atoms with van der Waals surface area (Å²) in [5.41, 5.74) is 1.92. The van der Waals surface area contributed by atoms with Gasteiger partial charge in [-0.2, -0.15) is 0 Å². The molecule has 3 heterocycles. The molecule has 1 aliphatic heterocycles. The van der Waals surface area contributed by atoms with Crippen LogP contribution in [0.4, 0.5) is 5.69 Å². The Balaban J connectivity index is 1.66. The van der Waals surface area contributed by atoms with Gasteiger partial charge in [0.2, 0.25) is 0 Å². The van der Waals surface area contributed by atoms with Crippen molar-refractivity contribution in [1.82, 2.24) is 9.88 Å². The van der Waals surface area contributed by atoms with E-state index in [0.29, 0.717) is 21.8 Å². The molecule has 0 bridgehead atoms. The van der Waals surface area contributed by atoms with Crippen LogP contribution >= 0.6 is 11.3 Å². The molecule has 1 N–H and O–H groups in total. The molecule has 0 amide bonds. The van der Waals surface area contributed by atoms with Crippen molar-refractivity contribution in [3.63, 3.8) is 0 Å². The molecule has 0 radical (unpaired) electrons. The summed E-state index contributed by atoms with van der Waals surface area (Å²) in [6.45, 7) is 3.89. The number of rotatable bonds is 4. The highest BCUT2D eigenvalue weighted by Crippen LogP contribution is 2.27. The van der Waals surface area contributed by atoms with Crippen molar-refractivity contribution < 1.29 is 14.3 Å². The van der Waals surface area contributed by atoms with Crippen LogP contribution in [0, 0.1) is 0 Å². The van der Waals surface area contributed by atoms with E-state index in [9.17, 15) is 9.59 Å². The van der Waals surface area contributed by atoms with Crippen LogP contribution in [-0.4, -0.2) is 54.2 Å². The standard InChI is InChI=1S/C19H19N3O4S/c1-21-4-6-22(7-5-21)14-3-2-12-8-15(19(25)26-16(12)10-14)18-20-13(11-27-18)9-17(23)24/h2-3,8,10-11H,4-7,9H2,1H3,(H,23,24). The lowest BCUT2D eigenvalue weighted by molar-refractivity contribution is -0.136. The Hall–Kier alpha value is -2.71. The fraction of sp³-hybridized carbons (Fsp3) is 0.316. The number of carboxylic acid groups (broad SMARTS) is 1. The molecule has 0 atom stereocenters. The summed E-state index contributed by atoms with van der Waals surface area (Å²) in [6, 6.07) is 7.65. The number of likely N-dealkylation sites (N-methyl/N-ethyl adjacent to an activating group) is 1. The topological polar surface area (TPSA) is 86.9 Å². The van der Waals surface area contributed by atoms with Crippen molar-refractivity contribution in [2.75, 3.05) is 38.1 Å². The highest BCUT2D eigenvalue weighted by Gasteiger charge is 2.17. The molecule has 3 aromatic rings. The number of thiazole rings is 1. The molecule has 0 unspecified atom stereocenters. The van der Waals surface area contributed by atoms with E-state index in [0.717, 1.165) is 37.3 Å². The first-order valence-electron chi connectivity index (χ1n) is 8.67. The number of carboxylic acids is 1. The minimum atomic E-state index is -0.950. The first kappa shape index (κ1) is 17.7. The number of hydrogen-bond acceptors (Lipinski definition) is 7. The Bertz CT molecular complexity index is 1050. The van der Waals surface area contributed by atoms with Gasteiger partial charge in [-0.1, -0.05) is 0 Å². The number of carbonyl (C=O) groups is 1. The summed E-state index contributed by atoms with van der Waals surface area (Å²) in [7, 11) is 2.11. The minimum Gasteiger partial charge on any atom is -0.481 e. The van der Waals surface area contributed by atoms with E-state index in [1.54, 1.807) is 11.4 Å². The first-order valence-corrected chi connectivity index (χ1v) is 9.55. The van der Waals surface area contributed by atoms with Gasteiger partial charge < -0.3 is 19.3 Å². The molecule has 1 fully saturated rings. The van der Waals surface area contributed by atoms with Crippen LogP contribution in [-0.2, 0) is 11.2 Å². The summed E-state index contributed by atoms with van der Waals surface area (Å²) in [6.07, 6.45) is -0.163. The lowest BCUT2D eigenvalue weighted by Crippen LogP contribution is -2.44. The lowest BCUT2D eigenvalue weighted by atomic mass is 10.1. The smallest absolute Gasteiger partial charge is 0.346 e. The van der Waals surface area contributed by atoms with E-state index in [4.69, 9.17) is 9.52 Å². The van der Waals surface area contributed by atoms with Crippen molar-refractivity contribution in [3.8, 4) is 10.6 Å². The predicted octanol–water partition coefficient (Wildman–Crippen LogP) is 2.30. The molecule has 0 saturated carbocycles. The molecular weight excluding hydrogens is 366 g/mol. The fourth-order valence-corrected chi connectivity index (χ4v) is 4.00. The Labute approximate surface area is 159 Å². The average Bonchev–Trinajstić information content (AvgIpc) is 3.08. The molecule has 4 rings (SSSR count). The van der Waals surface area contributed by atoms with Gasteiger partial charge in [0.25, 0.3) is 0 Å². The number of piperazine rings is 1. The third kappa shape index (κ3) is 3.72. The number of aliphatic carboxylic acids is 1. The maximum atomic E-state index is 12.5. The zero-order valence-corrected chi connectivity index (χ0v) is 15.7. The Morgan fingerprint density at radius 2 is 2.04 bits per heavy atom. The highest BCUT2D eigenvalue weighted by atomic mass is 32.1. The molecule has 27 heavy (non-hydrogen) atoms. The molecule has 2 aromatic heterocycles. The molecule has 1 aromatic carbocycles.